The number of benzene rings is 1. The van der Waals surface area contributed by atoms with Crippen LogP contribution in [0.5, 0.6) is 5.75 Å². The van der Waals surface area contributed by atoms with Gasteiger partial charge in [0.05, 0.1) is 30.9 Å². The lowest BCUT2D eigenvalue weighted by Gasteiger charge is -2.33. The second-order valence-electron chi connectivity index (χ2n) is 7.67. The molecule has 2 aliphatic rings. The molecule has 1 aromatic carbocycles. The number of urea groups is 1. The van der Waals surface area contributed by atoms with Crippen molar-refractivity contribution < 1.29 is 14.3 Å². The Labute approximate surface area is 168 Å². The first kappa shape index (κ1) is 17.9. The fourth-order valence-electron chi connectivity index (χ4n) is 4.24. The van der Waals surface area contributed by atoms with Crippen LogP contribution in [0.15, 0.2) is 42.6 Å². The van der Waals surface area contributed by atoms with Crippen molar-refractivity contribution in [3.8, 4) is 5.75 Å². The molecule has 1 fully saturated rings. The first-order chi connectivity index (χ1) is 14.1. The summed E-state index contributed by atoms with van der Waals surface area (Å²) >= 11 is 0. The van der Waals surface area contributed by atoms with Gasteiger partial charge in [-0.1, -0.05) is 24.3 Å². The monoisotopic (exact) mass is 393 g/mol. The average Bonchev–Trinajstić information content (AvgIpc) is 3.11. The average molecular weight is 393 g/mol. The van der Waals surface area contributed by atoms with E-state index < -0.39 is 6.03 Å². The quantitative estimate of drug-likeness (QED) is 0.709. The Balaban J connectivity index is 1.43. The molecule has 3 N–H and O–H groups in total. The molecule has 150 valence electrons. The maximum Gasteiger partial charge on any atom is 0.312 e. The molecule has 1 saturated heterocycles. The lowest BCUT2D eigenvalue weighted by Crippen LogP contribution is -2.36. The van der Waals surface area contributed by atoms with E-state index in [0.29, 0.717) is 6.61 Å². The summed E-state index contributed by atoms with van der Waals surface area (Å²) in [4.78, 5) is 11.3. The molecule has 8 heteroatoms. The van der Waals surface area contributed by atoms with Gasteiger partial charge in [-0.25, -0.2) is 4.79 Å². The van der Waals surface area contributed by atoms with E-state index in [1.165, 1.54) is 0 Å². The van der Waals surface area contributed by atoms with Gasteiger partial charge in [0.2, 0.25) is 0 Å². The summed E-state index contributed by atoms with van der Waals surface area (Å²) in [7, 11) is 0. The van der Waals surface area contributed by atoms with Gasteiger partial charge in [0.15, 0.2) is 5.65 Å². The van der Waals surface area contributed by atoms with Crippen LogP contribution < -0.4 is 15.8 Å². The summed E-state index contributed by atoms with van der Waals surface area (Å²) in [6, 6.07) is 11.3. The van der Waals surface area contributed by atoms with Gasteiger partial charge in [0.25, 0.3) is 0 Å². The van der Waals surface area contributed by atoms with Gasteiger partial charge in [-0.3, -0.25) is 4.40 Å². The third-order valence-electron chi connectivity index (χ3n) is 5.87. The van der Waals surface area contributed by atoms with Crippen molar-refractivity contribution in [3.63, 3.8) is 0 Å². The minimum absolute atomic E-state index is 0.0874. The van der Waals surface area contributed by atoms with E-state index in [-0.39, 0.29) is 24.2 Å². The molecule has 3 heterocycles. The fraction of sp³-hybridized carbons (Fsp3) is 0.381. The van der Waals surface area contributed by atoms with E-state index in [9.17, 15) is 4.79 Å². The number of primary amides is 1. The largest absolute Gasteiger partial charge is 0.484 e. The van der Waals surface area contributed by atoms with Crippen LogP contribution in [0.3, 0.4) is 0 Å². The molecule has 5 rings (SSSR count). The molecule has 1 aliphatic carbocycles. The van der Waals surface area contributed by atoms with Crippen molar-refractivity contribution in [1.82, 2.24) is 19.9 Å². The Kier molecular flexibility index (Phi) is 4.35. The van der Waals surface area contributed by atoms with Gasteiger partial charge in [-0.05, 0) is 43.0 Å². The van der Waals surface area contributed by atoms with E-state index in [4.69, 9.17) is 15.2 Å². The predicted octanol–water partition coefficient (Wildman–Crippen LogP) is 2.85. The van der Waals surface area contributed by atoms with Crippen LogP contribution in [0.1, 0.15) is 54.8 Å². The highest BCUT2D eigenvalue weighted by molar-refractivity contribution is 5.72. The Morgan fingerprint density at radius 3 is 2.76 bits per heavy atom. The number of nitrogens with one attached hydrogen (secondary N) is 1. The first-order valence-electron chi connectivity index (χ1n) is 9.88. The lowest BCUT2D eigenvalue weighted by atomic mass is 9.85. The molecule has 3 aromatic rings. The fourth-order valence-corrected chi connectivity index (χ4v) is 4.24. The number of nitrogens with two attached hydrogens (primary N) is 1. The number of aromatic nitrogens is 3. The summed E-state index contributed by atoms with van der Waals surface area (Å²) in [5, 5.41) is 11.5. The smallest absolute Gasteiger partial charge is 0.312 e. The zero-order valence-electron chi connectivity index (χ0n) is 16.1. The van der Waals surface area contributed by atoms with Crippen molar-refractivity contribution in [2.24, 2.45) is 5.73 Å². The number of nitrogens with zero attached hydrogens (tertiary/aromatic N) is 3. The van der Waals surface area contributed by atoms with Crippen LogP contribution in [0.25, 0.3) is 5.65 Å². The number of pyridine rings is 1. The highest BCUT2D eigenvalue weighted by atomic mass is 16.5. The van der Waals surface area contributed by atoms with Gasteiger partial charge >= 0.3 is 6.03 Å². The topological polar surface area (TPSA) is 104 Å². The number of rotatable bonds is 4. The zero-order valence-corrected chi connectivity index (χ0v) is 16.1. The van der Waals surface area contributed by atoms with Crippen LogP contribution in [0, 0.1) is 0 Å². The molecule has 1 aliphatic heterocycles. The third kappa shape index (κ3) is 3.19. The number of carbonyl (C=O) groups excluding carboxylic acids is 1. The van der Waals surface area contributed by atoms with Crippen molar-refractivity contribution in [2.45, 2.75) is 43.9 Å². The molecule has 2 aromatic heterocycles. The van der Waals surface area contributed by atoms with Crippen LogP contribution in [-0.2, 0) is 4.74 Å². The molecular weight excluding hydrogens is 370 g/mol. The van der Waals surface area contributed by atoms with Crippen molar-refractivity contribution in [1.29, 1.82) is 0 Å². The number of fused-ring (bicyclic) bond motifs is 2. The molecule has 0 bridgehead atoms. The van der Waals surface area contributed by atoms with Gasteiger partial charge in [0, 0.05) is 0 Å². The molecular formula is C21H23N5O3. The number of carbonyl (C=O) groups is 1. The van der Waals surface area contributed by atoms with E-state index >= 15 is 0 Å². The Hall–Kier alpha value is -3.13. The maximum absolute atomic E-state index is 11.3. The lowest BCUT2D eigenvalue weighted by molar-refractivity contribution is -0.0678. The molecule has 8 nitrogen and oxygen atoms in total. The van der Waals surface area contributed by atoms with Gasteiger partial charge in [-0.15, -0.1) is 10.2 Å². The minimum atomic E-state index is -0.510. The molecule has 0 saturated carbocycles. The summed E-state index contributed by atoms with van der Waals surface area (Å²) in [6.45, 7) is 2.71. The summed E-state index contributed by atoms with van der Waals surface area (Å²) in [5.41, 5.74) is 8.26. The summed E-state index contributed by atoms with van der Waals surface area (Å²) in [6.07, 6.45) is 3.54. The number of hydrogen-bond donors (Lipinski definition) is 2. The maximum atomic E-state index is 11.3. The zero-order chi connectivity index (χ0) is 20.0. The van der Waals surface area contributed by atoms with Crippen molar-refractivity contribution in [2.75, 3.05) is 6.61 Å². The van der Waals surface area contributed by atoms with Crippen molar-refractivity contribution in [3.05, 3.63) is 59.5 Å². The Morgan fingerprint density at radius 2 is 2.03 bits per heavy atom. The SMILES string of the molecule is CC1OCC1c1nnc2ccc(O[C@@H]3CC[C@H](NC(N)=O)c4ccccc43)cn12. The van der Waals surface area contributed by atoms with E-state index in [2.05, 4.69) is 15.5 Å². The van der Waals surface area contributed by atoms with E-state index in [0.717, 1.165) is 41.2 Å². The van der Waals surface area contributed by atoms with Crippen LogP contribution in [0.2, 0.25) is 0 Å². The number of ether oxygens (including phenoxy) is 2. The van der Waals surface area contributed by atoms with Gasteiger partial charge < -0.3 is 20.5 Å². The van der Waals surface area contributed by atoms with Crippen LogP contribution >= 0.6 is 0 Å². The highest BCUT2D eigenvalue weighted by Gasteiger charge is 2.34. The third-order valence-corrected chi connectivity index (χ3v) is 5.87. The van der Waals surface area contributed by atoms with Crippen LogP contribution in [0.4, 0.5) is 4.79 Å². The highest BCUT2D eigenvalue weighted by Crippen LogP contribution is 2.39. The second kappa shape index (κ2) is 7.04. The summed E-state index contributed by atoms with van der Waals surface area (Å²) in [5.74, 6) is 1.91. The van der Waals surface area contributed by atoms with Crippen molar-refractivity contribution >= 4 is 11.7 Å². The molecule has 4 atom stereocenters. The molecule has 2 unspecified atom stereocenters. The van der Waals surface area contributed by atoms with Gasteiger partial charge in [0.1, 0.15) is 17.7 Å². The number of hydrogen-bond acceptors (Lipinski definition) is 5. The Bertz CT molecular complexity index is 1070. The molecule has 29 heavy (non-hydrogen) atoms. The normalized spacial score (nSPS) is 25.8. The molecule has 0 spiro atoms. The summed E-state index contributed by atoms with van der Waals surface area (Å²) < 4.78 is 13.9. The molecule has 2 amide bonds. The number of amides is 2. The van der Waals surface area contributed by atoms with E-state index in [1.807, 2.05) is 53.9 Å². The predicted molar refractivity (Wildman–Crippen MR) is 106 cm³/mol. The van der Waals surface area contributed by atoms with E-state index in [1.54, 1.807) is 0 Å². The second-order valence-corrected chi connectivity index (χ2v) is 7.67. The Morgan fingerprint density at radius 1 is 1.21 bits per heavy atom. The first-order valence-corrected chi connectivity index (χ1v) is 9.88. The molecule has 0 radical (unpaired) electrons. The minimum Gasteiger partial charge on any atom is -0.484 e. The van der Waals surface area contributed by atoms with Crippen LogP contribution in [-0.4, -0.2) is 33.3 Å². The van der Waals surface area contributed by atoms with Gasteiger partial charge in [-0.2, -0.15) is 0 Å². The standard InChI is InChI=1S/C21H23N5O3/c1-12-16(11-28-12)20-25-24-19-9-6-13(10-26(19)20)29-18-8-7-17(23-21(22)27)14-4-2-3-5-15(14)18/h2-6,9-10,12,16-18H,7-8,11H2,1H3,(H3,22,23,27)/t12?,16?,17-,18+/m0/s1.